The minimum Gasteiger partial charge on any atom is -0.493 e. The topological polar surface area (TPSA) is 49.3 Å². The van der Waals surface area contributed by atoms with Gasteiger partial charge in [-0.3, -0.25) is 4.99 Å². The number of aliphatic imine (C=N–C) groups is 1. The third-order valence-corrected chi connectivity index (χ3v) is 6.42. The molecule has 168 valence electrons. The van der Waals surface area contributed by atoms with Crippen LogP contribution in [0.25, 0.3) is 0 Å². The highest BCUT2D eigenvalue weighted by Crippen LogP contribution is 2.33. The van der Waals surface area contributed by atoms with Crippen molar-refractivity contribution in [1.29, 1.82) is 0 Å². The summed E-state index contributed by atoms with van der Waals surface area (Å²) < 4.78 is 10.9. The molecule has 30 heavy (non-hydrogen) atoms. The molecule has 2 fully saturated rings. The minimum atomic E-state index is -0.102. The van der Waals surface area contributed by atoms with Gasteiger partial charge in [0.15, 0.2) is 17.5 Å². The van der Waals surface area contributed by atoms with Crippen LogP contribution in [0, 0.1) is 5.92 Å². The van der Waals surface area contributed by atoms with Crippen LogP contribution in [0.2, 0.25) is 0 Å². The summed E-state index contributed by atoms with van der Waals surface area (Å²) in [6.07, 6.45) is 4.00. The van der Waals surface area contributed by atoms with Gasteiger partial charge in [-0.15, -0.1) is 0 Å². The zero-order chi connectivity index (χ0) is 21.6. The van der Waals surface area contributed by atoms with Gasteiger partial charge in [0.05, 0.1) is 20.8 Å². The van der Waals surface area contributed by atoms with E-state index >= 15 is 0 Å². The van der Waals surface area contributed by atoms with Crippen molar-refractivity contribution in [3.63, 3.8) is 0 Å². The fourth-order valence-corrected chi connectivity index (χ4v) is 4.55. The van der Waals surface area contributed by atoms with Crippen LogP contribution in [-0.4, -0.2) is 75.8 Å². The van der Waals surface area contributed by atoms with Crippen LogP contribution in [0.15, 0.2) is 23.2 Å². The molecule has 1 aromatic carbocycles. The van der Waals surface area contributed by atoms with Gasteiger partial charge in [0.2, 0.25) is 0 Å². The van der Waals surface area contributed by atoms with E-state index in [-0.39, 0.29) is 5.41 Å². The Balaban J connectivity index is 1.66. The molecule has 3 rings (SSSR count). The Morgan fingerprint density at radius 3 is 2.53 bits per heavy atom. The Kier molecular flexibility index (Phi) is 7.87. The van der Waals surface area contributed by atoms with Gasteiger partial charge in [0, 0.05) is 31.6 Å². The zero-order valence-corrected chi connectivity index (χ0v) is 19.5. The molecule has 6 nitrogen and oxygen atoms in total. The number of nitrogens with one attached hydrogen (secondary N) is 1. The first-order valence-corrected chi connectivity index (χ1v) is 11.4. The van der Waals surface area contributed by atoms with Crippen molar-refractivity contribution in [3.8, 4) is 11.5 Å². The number of hydrogen-bond acceptors (Lipinski definition) is 4. The van der Waals surface area contributed by atoms with E-state index in [2.05, 4.69) is 48.0 Å². The van der Waals surface area contributed by atoms with Gasteiger partial charge in [0.25, 0.3) is 0 Å². The van der Waals surface area contributed by atoms with Gasteiger partial charge >= 0.3 is 0 Å². The van der Waals surface area contributed by atoms with Crippen LogP contribution < -0.4 is 14.8 Å². The zero-order valence-electron chi connectivity index (χ0n) is 19.5. The SMILES string of the molecule is CCNC(=NCC(C)(C)c1ccc(OC)c(OC)c1)N1CCC(CN2CCCC2)C1. The maximum atomic E-state index is 5.50. The molecular weight excluding hydrogens is 376 g/mol. The third kappa shape index (κ3) is 5.60. The molecule has 1 atom stereocenters. The fraction of sp³-hybridized carbons (Fsp3) is 0.708. The second-order valence-corrected chi connectivity index (χ2v) is 9.23. The van der Waals surface area contributed by atoms with Crippen molar-refractivity contribution in [3.05, 3.63) is 23.8 Å². The number of rotatable bonds is 8. The smallest absolute Gasteiger partial charge is 0.193 e. The molecular formula is C24H40N4O2. The van der Waals surface area contributed by atoms with Crippen molar-refractivity contribution < 1.29 is 9.47 Å². The average molecular weight is 417 g/mol. The summed E-state index contributed by atoms with van der Waals surface area (Å²) in [6, 6.07) is 6.17. The Bertz CT molecular complexity index is 713. The lowest BCUT2D eigenvalue weighted by Gasteiger charge is -2.27. The van der Waals surface area contributed by atoms with E-state index in [1.54, 1.807) is 14.2 Å². The van der Waals surface area contributed by atoms with Crippen molar-refractivity contribution in [2.45, 2.75) is 45.4 Å². The van der Waals surface area contributed by atoms with Crippen LogP contribution in [0.4, 0.5) is 0 Å². The predicted molar refractivity (Wildman–Crippen MR) is 124 cm³/mol. The van der Waals surface area contributed by atoms with Crippen LogP contribution in [0.3, 0.4) is 0 Å². The number of guanidine groups is 1. The average Bonchev–Trinajstić information content (AvgIpc) is 3.43. The van der Waals surface area contributed by atoms with E-state index in [1.165, 1.54) is 44.5 Å². The van der Waals surface area contributed by atoms with Crippen LogP contribution in [0.1, 0.15) is 45.6 Å². The summed E-state index contributed by atoms with van der Waals surface area (Å²) in [4.78, 5) is 10.1. The lowest BCUT2D eigenvalue weighted by molar-refractivity contribution is 0.281. The Morgan fingerprint density at radius 2 is 1.87 bits per heavy atom. The number of hydrogen-bond donors (Lipinski definition) is 1. The summed E-state index contributed by atoms with van der Waals surface area (Å²) in [5.74, 6) is 3.33. The molecule has 0 radical (unpaired) electrons. The van der Waals surface area contributed by atoms with Gasteiger partial charge in [-0.05, 0) is 62.9 Å². The lowest BCUT2D eigenvalue weighted by Crippen LogP contribution is -2.41. The fourth-order valence-electron chi connectivity index (χ4n) is 4.55. The van der Waals surface area contributed by atoms with E-state index in [4.69, 9.17) is 14.5 Å². The molecule has 0 spiro atoms. The summed E-state index contributed by atoms with van der Waals surface area (Å²) in [5, 5.41) is 3.52. The molecule has 1 aromatic rings. The monoisotopic (exact) mass is 416 g/mol. The van der Waals surface area contributed by atoms with Gasteiger partial charge in [-0.1, -0.05) is 19.9 Å². The molecule has 2 aliphatic rings. The van der Waals surface area contributed by atoms with Crippen LogP contribution >= 0.6 is 0 Å². The molecule has 0 aromatic heterocycles. The predicted octanol–water partition coefficient (Wildman–Crippen LogP) is 3.36. The summed E-state index contributed by atoms with van der Waals surface area (Å²) >= 11 is 0. The molecule has 0 aliphatic carbocycles. The van der Waals surface area contributed by atoms with Gasteiger partial charge in [0.1, 0.15) is 0 Å². The van der Waals surface area contributed by atoms with Gasteiger partial charge in [-0.25, -0.2) is 0 Å². The molecule has 0 bridgehead atoms. The van der Waals surface area contributed by atoms with Crippen molar-refractivity contribution >= 4 is 5.96 Å². The lowest BCUT2D eigenvalue weighted by atomic mass is 9.84. The highest BCUT2D eigenvalue weighted by Gasteiger charge is 2.28. The van der Waals surface area contributed by atoms with E-state index in [0.717, 1.165) is 49.6 Å². The first-order chi connectivity index (χ1) is 14.5. The maximum Gasteiger partial charge on any atom is 0.193 e. The van der Waals surface area contributed by atoms with E-state index in [0.29, 0.717) is 0 Å². The standard InChI is InChI=1S/C24H40N4O2/c1-6-25-23(28-14-11-19(17-28)16-27-12-7-8-13-27)26-18-24(2,3)20-9-10-21(29-4)22(15-20)30-5/h9-10,15,19H,6-8,11-14,16-18H2,1-5H3,(H,25,26). The number of nitrogens with zero attached hydrogens (tertiary/aromatic N) is 3. The second-order valence-electron chi connectivity index (χ2n) is 9.23. The third-order valence-electron chi connectivity index (χ3n) is 6.42. The molecule has 0 amide bonds. The van der Waals surface area contributed by atoms with E-state index in [9.17, 15) is 0 Å². The number of likely N-dealkylation sites (tertiary alicyclic amines) is 2. The van der Waals surface area contributed by atoms with Gasteiger partial charge < -0.3 is 24.6 Å². The second kappa shape index (κ2) is 10.4. The minimum absolute atomic E-state index is 0.102. The number of benzene rings is 1. The molecule has 1 N–H and O–H groups in total. The highest BCUT2D eigenvalue weighted by atomic mass is 16.5. The summed E-state index contributed by atoms with van der Waals surface area (Å²) in [7, 11) is 3.35. The van der Waals surface area contributed by atoms with Crippen molar-refractivity contribution in [1.82, 2.24) is 15.1 Å². The molecule has 2 saturated heterocycles. The molecule has 1 unspecified atom stereocenters. The molecule has 2 heterocycles. The number of ether oxygens (including phenoxy) is 2. The Labute approximate surface area is 182 Å². The van der Waals surface area contributed by atoms with Gasteiger partial charge in [-0.2, -0.15) is 0 Å². The Hall–Kier alpha value is -1.95. The summed E-state index contributed by atoms with van der Waals surface area (Å²) in [5.41, 5.74) is 1.10. The number of methoxy groups -OCH3 is 2. The molecule has 6 heteroatoms. The summed E-state index contributed by atoms with van der Waals surface area (Å²) in [6.45, 7) is 14.2. The first-order valence-electron chi connectivity index (χ1n) is 11.4. The van der Waals surface area contributed by atoms with Crippen LogP contribution in [0.5, 0.6) is 11.5 Å². The van der Waals surface area contributed by atoms with Crippen molar-refractivity contribution in [2.24, 2.45) is 10.9 Å². The normalized spacial score (nSPS) is 20.6. The van der Waals surface area contributed by atoms with Crippen LogP contribution in [-0.2, 0) is 5.41 Å². The molecule has 0 saturated carbocycles. The van der Waals surface area contributed by atoms with Crippen molar-refractivity contribution in [2.75, 3.05) is 60.0 Å². The van der Waals surface area contributed by atoms with E-state index in [1.807, 2.05) is 6.07 Å². The first kappa shape index (κ1) is 22.7. The molecule has 2 aliphatic heterocycles. The highest BCUT2D eigenvalue weighted by molar-refractivity contribution is 5.80. The maximum absolute atomic E-state index is 5.50. The van der Waals surface area contributed by atoms with E-state index < -0.39 is 0 Å². The quantitative estimate of drug-likeness (QED) is 0.520. The largest absolute Gasteiger partial charge is 0.493 e. The Morgan fingerprint density at radius 1 is 1.13 bits per heavy atom.